The van der Waals surface area contributed by atoms with Gasteiger partial charge >= 0.3 is 0 Å². The van der Waals surface area contributed by atoms with Crippen LogP contribution in [0.5, 0.6) is 0 Å². The molecule has 0 heterocycles. The quantitative estimate of drug-likeness (QED) is 0.697. The molecule has 0 aliphatic carbocycles. The van der Waals surface area contributed by atoms with Gasteiger partial charge in [-0.3, -0.25) is 0 Å². The Morgan fingerprint density at radius 2 is 2.00 bits per heavy atom. The predicted molar refractivity (Wildman–Crippen MR) is 48.6 cm³/mol. The Hall–Kier alpha value is -1.16. The van der Waals surface area contributed by atoms with Crippen molar-refractivity contribution in [2.75, 3.05) is 5.75 Å². The van der Waals surface area contributed by atoms with Gasteiger partial charge in [-0.05, 0) is 12.1 Å². The molecule has 70 valence electrons. The lowest BCUT2D eigenvalue weighted by atomic mass is 10.3. The molecular weight excluding hydrogens is 191 g/mol. The van der Waals surface area contributed by atoms with E-state index < -0.39 is 15.7 Å². The molecule has 0 saturated heterocycles. The predicted octanol–water partition coefficient (Wildman–Crippen LogP) is 1.79. The van der Waals surface area contributed by atoms with Crippen LogP contribution in [-0.2, 0) is 9.84 Å². The van der Waals surface area contributed by atoms with Crippen LogP contribution in [0.25, 0.3) is 0 Å². The molecule has 0 amide bonds. The van der Waals surface area contributed by atoms with Crippen molar-refractivity contribution >= 4 is 9.84 Å². The molecule has 1 rings (SSSR count). The standard InChI is InChI=1S/C9H9FO2S/c1-2-7-13(11,12)9-6-4-3-5-8(9)10/h2-6H,1,7H2. The van der Waals surface area contributed by atoms with Gasteiger partial charge in [-0.2, -0.15) is 0 Å². The summed E-state index contributed by atoms with van der Waals surface area (Å²) in [6, 6.07) is 5.30. The Bertz CT molecular complexity index is 409. The average Bonchev–Trinajstić information content (AvgIpc) is 2.04. The minimum absolute atomic E-state index is 0.242. The van der Waals surface area contributed by atoms with Gasteiger partial charge < -0.3 is 0 Å². The minimum atomic E-state index is -3.53. The number of hydrogen-bond acceptors (Lipinski definition) is 2. The molecule has 0 radical (unpaired) electrons. The zero-order chi connectivity index (χ0) is 9.90. The van der Waals surface area contributed by atoms with Gasteiger partial charge in [0.05, 0.1) is 5.75 Å². The average molecular weight is 200 g/mol. The maximum absolute atomic E-state index is 13.0. The van der Waals surface area contributed by atoms with Crippen LogP contribution in [0.15, 0.2) is 41.8 Å². The second-order valence-electron chi connectivity index (χ2n) is 2.50. The number of hydrogen-bond donors (Lipinski definition) is 0. The Kier molecular flexibility index (Phi) is 2.83. The van der Waals surface area contributed by atoms with E-state index in [2.05, 4.69) is 6.58 Å². The number of benzene rings is 1. The highest BCUT2D eigenvalue weighted by atomic mass is 32.2. The highest BCUT2D eigenvalue weighted by Crippen LogP contribution is 2.14. The van der Waals surface area contributed by atoms with Crippen molar-refractivity contribution in [3.63, 3.8) is 0 Å². The van der Waals surface area contributed by atoms with Gasteiger partial charge in [-0.1, -0.05) is 18.2 Å². The second-order valence-corrected chi connectivity index (χ2v) is 4.50. The molecule has 0 aliphatic rings. The smallest absolute Gasteiger partial charge is 0.184 e. The molecule has 1 aromatic carbocycles. The van der Waals surface area contributed by atoms with Crippen molar-refractivity contribution in [3.05, 3.63) is 42.7 Å². The number of rotatable bonds is 3. The minimum Gasteiger partial charge on any atom is -0.223 e. The third-order valence-corrected chi connectivity index (χ3v) is 3.18. The number of sulfone groups is 1. The summed E-state index contributed by atoms with van der Waals surface area (Å²) in [6.45, 7) is 3.30. The molecule has 4 heteroatoms. The van der Waals surface area contributed by atoms with Gasteiger partial charge in [-0.25, -0.2) is 12.8 Å². The van der Waals surface area contributed by atoms with Crippen molar-refractivity contribution in [3.8, 4) is 0 Å². The lowest BCUT2D eigenvalue weighted by molar-refractivity contribution is 0.569. The first kappa shape index (κ1) is 9.92. The van der Waals surface area contributed by atoms with Gasteiger partial charge in [0.15, 0.2) is 9.84 Å². The monoisotopic (exact) mass is 200 g/mol. The van der Waals surface area contributed by atoms with Crippen LogP contribution in [-0.4, -0.2) is 14.2 Å². The maximum Gasteiger partial charge on any atom is 0.184 e. The SMILES string of the molecule is C=CCS(=O)(=O)c1ccccc1F. The van der Waals surface area contributed by atoms with Gasteiger partial charge in [0.2, 0.25) is 0 Å². The molecule has 0 atom stereocenters. The Labute approximate surface area is 76.6 Å². The summed E-state index contributed by atoms with van der Waals surface area (Å²) in [6.07, 6.45) is 1.24. The van der Waals surface area contributed by atoms with Crippen molar-refractivity contribution in [2.45, 2.75) is 4.90 Å². The molecule has 13 heavy (non-hydrogen) atoms. The van der Waals surface area contributed by atoms with Crippen molar-refractivity contribution < 1.29 is 12.8 Å². The molecule has 0 spiro atoms. The molecule has 0 aliphatic heterocycles. The molecule has 0 aromatic heterocycles. The Morgan fingerprint density at radius 3 is 2.54 bits per heavy atom. The third-order valence-electron chi connectivity index (χ3n) is 1.51. The van der Waals surface area contributed by atoms with E-state index in [0.29, 0.717) is 0 Å². The Balaban J connectivity index is 3.22. The maximum atomic E-state index is 13.0. The zero-order valence-corrected chi connectivity index (χ0v) is 7.72. The van der Waals surface area contributed by atoms with E-state index in [1.54, 1.807) is 0 Å². The summed E-state index contributed by atoms with van der Waals surface area (Å²) in [5, 5.41) is 0. The molecule has 0 bridgehead atoms. The van der Waals surface area contributed by atoms with Gasteiger partial charge in [0.1, 0.15) is 10.7 Å². The summed E-state index contributed by atoms with van der Waals surface area (Å²) in [7, 11) is -3.53. The van der Waals surface area contributed by atoms with E-state index in [1.807, 2.05) is 0 Å². The van der Waals surface area contributed by atoms with Gasteiger partial charge in [0.25, 0.3) is 0 Å². The van der Waals surface area contributed by atoms with Crippen molar-refractivity contribution in [1.82, 2.24) is 0 Å². The summed E-state index contributed by atoms with van der Waals surface area (Å²) >= 11 is 0. The fraction of sp³-hybridized carbons (Fsp3) is 0.111. The van der Waals surface area contributed by atoms with Crippen LogP contribution in [0.4, 0.5) is 4.39 Å². The van der Waals surface area contributed by atoms with E-state index in [0.717, 1.165) is 6.07 Å². The molecule has 0 saturated carbocycles. The first-order valence-electron chi connectivity index (χ1n) is 3.66. The fourth-order valence-corrected chi connectivity index (χ4v) is 2.08. The van der Waals surface area contributed by atoms with E-state index in [9.17, 15) is 12.8 Å². The molecule has 0 unspecified atom stereocenters. The highest BCUT2D eigenvalue weighted by Gasteiger charge is 2.16. The van der Waals surface area contributed by atoms with Gasteiger partial charge in [-0.15, -0.1) is 6.58 Å². The van der Waals surface area contributed by atoms with Crippen LogP contribution < -0.4 is 0 Å². The van der Waals surface area contributed by atoms with Crippen LogP contribution >= 0.6 is 0 Å². The molecule has 0 N–H and O–H groups in total. The first-order valence-corrected chi connectivity index (χ1v) is 5.31. The van der Waals surface area contributed by atoms with Crippen LogP contribution in [0.1, 0.15) is 0 Å². The normalized spacial score (nSPS) is 11.2. The lowest BCUT2D eigenvalue weighted by Gasteiger charge is -2.01. The van der Waals surface area contributed by atoms with Crippen LogP contribution in [0.3, 0.4) is 0 Å². The Morgan fingerprint density at radius 1 is 1.38 bits per heavy atom. The lowest BCUT2D eigenvalue weighted by Crippen LogP contribution is -2.06. The number of halogens is 1. The van der Waals surface area contributed by atoms with E-state index in [-0.39, 0.29) is 10.6 Å². The van der Waals surface area contributed by atoms with E-state index >= 15 is 0 Å². The summed E-state index contributed by atoms with van der Waals surface area (Å²) < 4.78 is 35.7. The van der Waals surface area contributed by atoms with Crippen LogP contribution in [0, 0.1) is 5.82 Å². The summed E-state index contributed by atoms with van der Waals surface area (Å²) in [5.41, 5.74) is 0. The topological polar surface area (TPSA) is 34.1 Å². The third kappa shape index (κ3) is 2.15. The largest absolute Gasteiger partial charge is 0.223 e. The second kappa shape index (κ2) is 3.70. The molecular formula is C9H9FO2S. The molecule has 1 aromatic rings. The highest BCUT2D eigenvalue weighted by molar-refractivity contribution is 7.91. The van der Waals surface area contributed by atoms with Gasteiger partial charge in [0, 0.05) is 0 Å². The molecule has 0 fully saturated rings. The van der Waals surface area contributed by atoms with Crippen molar-refractivity contribution in [1.29, 1.82) is 0 Å². The van der Waals surface area contributed by atoms with E-state index in [1.165, 1.54) is 24.3 Å². The first-order chi connectivity index (χ1) is 6.08. The summed E-state index contributed by atoms with van der Waals surface area (Å²) in [4.78, 5) is -0.269. The molecule has 2 nitrogen and oxygen atoms in total. The summed E-state index contributed by atoms with van der Waals surface area (Å²) in [5.74, 6) is -0.960. The van der Waals surface area contributed by atoms with Crippen LogP contribution in [0.2, 0.25) is 0 Å². The fourth-order valence-electron chi connectivity index (χ4n) is 0.942. The van der Waals surface area contributed by atoms with E-state index in [4.69, 9.17) is 0 Å². The zero-order valence-electron chi connectivity index (χ0n) is 6.90. The van der Waals surface area contributed by atoms with Crippen molar-refractivity contribution in [2.24, 2.45) is 0 Å².